The number of nitrogens with zero attached hydrogens (tertiary/aromatic N) is 1. The Morgan fingerprint density at radius 1 is 1.28 bits per heavy atom. The Bertz CT molecular complexity index is 655. The zero-order valence-corrected chi connectivity index (χ0v) is 13.1. The normalized spacial score (nSPS) is 13.9. The number of anilines is 1. The van der Waals surface area contributed by atoms with Crippen LogP contribution in [0.4, 0.5) is 5.69 Å². The van der Waals surface area contributed by atoms with Gasteiger partial charge in [-0.25, -0.2) is 0 Å². The lowest BCUT2D eigenvalue weighted by molar-refractivity contribution is 0.417. The lowest BCUT2D eigenvalue weighted by Gasteiger charge is -2.14. The van der Waals surface area contributed by atoms with E-state index in [4.69, 9.17) is 15.5 Å². The molecule has 0 saturated carbocycles. The summed E-state index contributed by atoms with van der Waals surface area (Å²) >= 11 is 7.05. The number of pyridine rings is 1. The van der Waals surface area contributed by atoms with Crippen molar-refractivity contribution < 1.29 is 4.74 Å². The fourth-order valence-electron chi connectivity index (χ4n) is 2.58. The molecule has 0 saturated heterocycles. The van der Waals surface area contributed by atoms with Crippen molar-refractivity contribution in [1.82, 2.24) is 4.98 Å². The molecule has 0 unspecified atom stereocenters. The second-order valence-electron chi connectivity index (χ2n) is 4.40. The van der Waals surface area contributed by atoms with E-state index in [0.29, 0.717) is 0 Å². The highest BCUT2D eigenvalue weighted by Gasteiger charge is 2.22. The van der Waals surface area contributed by atoms with E-state index in [0.717, 1.165) is 56.2 Å². The molecular weight excluding hydrogens is 360 g/mol. The Morgan fingerprint density at radius 3 is 2.78 bits per heavy atom. The van der Waals surface area contributed by atoms with Gasteiger partial charge in [0.1, 0.15) is 5.75 Å². The van der Waals surface area contributed by atoms with Gasteiger partial charge in [0.25, 0.3) is 0 Å². The van der Waals surface area contributed by atoms with Crippen LogP contribution in [0.3, 0.4) is 0 Å². The SMILES string of the molecule is COc1c(Br)cc(Br)c2nc3c(c(N)c12)CCC3. The Morgan fingerprint density at radius 2 is 2.06 bits per heavy atom. The summed E-state index contributed by atoms with van der Waals surface area (Å²) in [6.07, 6.45) is 3.15. The van der Waals surface area contributed by atoms with Gasteiger partial charge < -0.3 is 10.5 Å². The van der Waals surface area contributed by atoms with Crippen molar-refractivity contribution in [3.63, 3.8) is 0 Å². The van der Waals surface area contributed by atoms with Crippen molar-refractivity contribution in [3.05, 3.63) is 26.3 Å². The largest absolute Gasteiger partial charge is 0.495 e. The van der Waals surface area contributed by atoms with Gasteiger partial charge in [-0.15, -0.1) is 0 Å². The van der Waals surface area contributed by atoms with Crippen LogP contribution in [0.5, 0.6) is 5.75 Å². The number of nitrogens with two attached hydrogens (primary N) is 1. The zero-order chi connectivity index (χ0) is 12.9. The lowest BCUT2D eigenvalue weighted by Crippen LogP contribution is -2.01. The summed E-state index contributed by atoms with van der Waals surface area (Å²) in [7, 11) is 1.65. The maximum Gasteiger partial charge on any atom is 0.144 e. The summed E-state index contributed by atoms with van der Waals surface area (Å²) in [4.78, 5) is 4.74. The molecule has 1 aromatic carbocycles. The first kappa shape index (κ1) is 12.2. The zero-order valence-electron chi connectivity index (χ0n) is 9.89. The molecule has 1 aliphatic rings. The maximum absolute atomic E-state index is 6.32. The standard InChI is InChI=1S/C13H12Br2N2O/c1-18-13-8(15)5-7(14)12-10(13)11(16)6-3-2-4-9(6)17-12/h5H,2-4H2,1H3,(H2,16,17). The molecule has 0 bridgehead atoms. The van der Waals surface area contributed by atoms with Crippen molar-refractivity contribution >= 4 is 48.5 Å². The Kier molecular flexibility index (Phi) is 2.98. The fraction of sp³-hybridized carbons (Fsp3) is 0.308. The van der Waals surface area contributed by atoms with Gasteiger partial charge in [0, 0.05) is 15.9 Å². The van der Waals surface area contributed by atoms with Crippen LogP contribution in [-0.2, 0) is 12.8 Å². The minimum atomic E-state index is 0.757. The lowest BCUT2D eigenvalue weighted by atomic mass is 10.1. The fourth-order valence-corrected chi connectivity index (χ4v) is 3.99. The Labute approximate surface area is 122 Å². The number of rotatable bonds is 1. The number of methoxy groups -OCH3 is 1. The van der Waals surface area contributed by atoms with Gasteiger partial charge in [-0.05, 0) is 62.8 Å². The molecule has 1 aliphatic carbocycles. The smallest absolute Gasteiger partial charge is 0.144 e. The topological polar surface area (TPSA) is 48.1 Å². The van der Waals surface area contributed by atoms with Crippen molar-refractivity contribution in [1.29, 1.82) is 0 Å². The van der Waals surface area contributed by atoms with E-state index in [1.165, 1.54) is 5.56 Å². The molecule has 1 aromatic heterocycles. The first-order chi connectivity index (χ1) is 8.63. The molecule has 0 aliphatic heterocycles. The average molecular weight is 372 g/mol. The van der Waals surface area contributed by atoms with Crippen LogP contribution in [-0.4, -0.2) is 12.1 Å². The number of aryl methyl sites for hydroxylation is 1. The van der Waals surface area contributed by atoms with Gasteiger partial charge in [-0.3, -0.25) is 4.98 Å². The summed E-state index contributed by atoms with van der Waals surface area (Å²) in [5, 5.41) is 0.902. The number of nitrogen functional groups attached to an aromatic ring is 1. The maximum atomic E-state index is 6.32. The highest BCUT2D eigenvalue weighted by atomic mass is 79.9. The molecule has 1 heterocycles. The molecule has 94 valence electrons. The average Bonchev–Trinajstić information content (AvgIpc) is 2.79. The van der Waals surface area contributed by atoms with E-state index >= 15 is 0 Å². The number of ether oxygens (including phenoxy) is 1. The van der Waals surface area contributed by atoms with Gasteiger partial charge in [0.2, 0.25) is 0 Å². The highest BCUT2D eigenvalue weighted by Crippen LogP contribution is 2.43. The van der Waals surface area contributed by atoms with Crippen LogP contribution < -0.4 is 10.5 Å². The third kappa shape index (κ3) is 1.64. The molecule has 2 N–H and O–H groups in total. The molecule has 0 amide bonds. The molecule has 18 heavy (non-hydrogen) atoms. The number of hydrogen-bond acceptors (Lipinski definition) is 3. The molecule has 0 radical (unpaired) electrons. The first-order valence-corrected chi connectivity index (χ1v) is 7.35. The van der Waals surface area contributed by atoms with Gasteiger partial charge in [0.15, 0.2) is 0 Å². The third-order valence-electron chi connectivity index (χ3n) is 3.39. The monoisotopic (exact) mass is 370 g/mol. The van der Waals surface area contributed by atoms with Gasteiger partial charge in [0.05, 0.1) is 22.5 Å². The van der Waals surface area contributed by atoms with E-state index in [-0.39, 0.29) is 0 Å². The van der Waals surface area contributed by atoms with Crippen molar-refractivity contribution in [2.45, 2.75) is 19.3 Å². The van der Waals surface area contributed by atoms with Crippen LogP contribution in [0.25, 0.3) is 10.9 Å². The predicted octanol–water partition coefficient (Wildman–Crippen LogP) is 3.84. The molecule has 2 aromatic rings. The number of benzene rings is 1. The molecular formula is C13H12Br2N2O. The Balaban J connectivity index is 2.49. The molecule has 3 nitrogen and oxygen atoms in total. The van der Waals surface area contributed by atoms with Crippen molar-refractivity contribution in [3.8, 4) is 5.75 Å². The van der Waals surface area contributed by atoms with Crippen LogP contribution in [0.15, 0.2) is 15.0 Å². The number of aromatic nitrogens is 1. The second kappa shape index (κ2) is 4.38. The van der Waals surface area contributed by atoms with E-state index in [1.807, 2.05) is 6.07 Å². The molecule has 0 spiro atoms. The first-order valence-electron chi connectivity index (χ1n) is 5.76. The highest BCUT2D eigenvalue weighted by molar-refractivity contribution is 9.11. The predicted molar refractivity (Wildman–Crippen MR) is 80.1 cm³/mol. The Hall–Kier alpha value is -0.810. The number of fused-ring (bicyclic) bond motifs is 2. The van der Waals surface area contributed by atoms with Crippen molar-refractivity contribution in [2.75, 3.05) is 12.8 Å². The van der Waals surface area contributed by atoms with E-state index < -0.39 is 0 Å². The molecule has 0 atom stereocenters. The van der Waals surface area contributed by atoms with E-state index in [1.54, 1.807) is 7.11 Å². The summed E-state index contributed by atoms with van der Waals surface area (Å²) in [6, 6.07) is 1.95. The van der Waals surface area contributed by atoms with E-state index in [2.05, 4.69) is 31.9 Å². The van der Waals surface area contributed by atoms with Gasteiger partial charge >= 0.3 is 0 Å². The van der Waals surface area contributed by atoms with E-state index in [9.17, 15) is 0 Å². The van der Waals surface area contributed by atoms with Crippen LogP contribution in [0.1, 0.15) is 17.7 Å². The summed E-state index contributed by atoms with van der Waals surface area (Å²) in [5.74, 6) is 0.757. The minimum absolute atomic E-state index is 0.757. The molecule has 0 fully saturated rings. The summed E-state index contributed by atoms with van der Waals surface area (Å²) in [5.41, 5.74) is 10.3. The van der Waals surface area contributed by atoms with Gasteiger partial charge in [-0.1, -0.05) is 0 Å². The third-order valence-corrected chi connectivity index (χ3v) is 4.59. The number of hydrogen-bond donors (Lipinski definition) is 1. The molecule has 3 rings (SSSR count). The second-order valence-corrected chi connectivity index (χ2v) is 6.11. The van der Waals surface area contributed by atoms with Crippen LogP contribution in [0.2, 0.25) is 0 Å². The van der Waals surface area contributed by atoms with Crippen LogP contribution >= 0.6 is 31.9 Å². The summed E-state index contributed by atoms with van der Waals surface area (Å²) in [6.45, 7) is 0. The van der Waals surface area contributed by atoms with Gasteiger partial charge in [-0.2, -0.15) is 0 Å². The summed E-state index contributed by atoms with van der Waals surface area (Å²) < 4.78 is 7.29. The quantitative estimate of drug-likeness (QED) is 0.828. The van der Waals surface area contributed by atoms with Crippen LogP contribution in [0, 0.1) is 0 Å². The molecule has 5 heteroatoms. The minimum Gasteiger partial charge on any atom is -0.495 e. The van der Waals surface area contributed by atoms with Crippen molar-refractivity contribution in [2.24, 2.45) is 0 Å². The number of halogens is 2.